The Labute approximate surface area is 132 Å². The first-order valence-corrected chi connectivity index (χ1v) is 6.36. The van der Waals surface area contributed by atoms with Crippen molar-refractivity contribution >= 4 is 28.4 Å². The van der Waals surface area contributed by atoms with Crippen LogP contribution in [-0.4, -0.2) is 19.1 Å². The van der Waals surface area contributed by atoms with Crippen LogP contribution in [0.5, 0.6) is 11.5 Å². The van der Waals surface area contributed by atoms with Gasteiger partial charge >= 0.3 is 0 Å². The minimum absolute atomic E-state index is 0.0926. The van der Waals surface area contributed by atoms with E-state index in [9.17, 15) is 10.1 Å². The van der Waals surface area contributed by atoms with E-state index in [0.29, 0.717) is 28.6 Å². The zero-order chi connectivity index (χ0) is 17.6. The molecule has 0 saturated carbocycles. The van der Waals surface area contributed by atoms with E-state index in [-0.39, 0.29) is 11.4 Å². The summed E-state index contributed by atoms with van der Waals surface area (Å²) >= 11 is 0. The summed E-state index contributed by atoms with van der Waals surface area (Å²) in [6.07, 6.45) is 0. The van der Waals surface area contributed by atoms with Gasteiger partial charge in [0.25, 0.3) is 5.69 Å². The molecule has 0 bridgehead atoms. The monoisotopic (exact) mass is 321 g/mol. The highest BCUT2D eigenvalue weighted by molar-refractivity contribution is 5.67. The van der Waals surface area contributed by atoms with E-state index < -0.39 is 4.92 Å². The van der Waals surface area contributed by atoms with Gasteiger partial charge in [0.15, 0.2) is 0 Å². The molecular weight excluding hydrogens is 302 g/mol. The lowest BCUT2D eigenvalue weighted by molar-refractivity contribution is -0.383. The Balaban J connectivity index is 0.000000231. The molecule has 0 atom stereocenters. The predicted octanol–water partition coefficient (Wildman–Crippen LogP) is 1.63. The van der Waals surface area contributed by atoms with Crippen molar-refractivity contribution in [2.75, 3.05) is 37.2 Å². The molecule has 0 aromatic heterocycles. The summed E-state index contributed by atoms with van der Waals surface area (Å²) in [5.74, 6) is 1.13. The van der Waals surface area contributed by atoms with E-state index in [2.05, 4.69) is 0 Å². The second kappa shape index (κ2) is 7.59. The highest BCUT2D eigenvalue weighted by atomic mass is 16.6. The van der Waals surface area contributed by atoms with E-state index in [0.717, 1.165) is 0 Å². The third-order valence-electron chi connectivity index (χ3n) is 2.83. The third kappa shape index (κ3) is 4.56. The minimum Gasteiger partial charge on any atom is -0.495 e. The number of benzene rings is 2. The Kier molecular flexibility index (Phi) is 5.84. The van der Waals surface area contributed by atoms with Crippen molar-refractivity contribution in [3.8, 4) is 11.5 Å². The van der Waals surface area contributed by atoms with Crippen LogP contribution in [0.25, 0.3) is 0 Å². The van der Waals surface area contributed by atoms with Crippen LogP contribution in [0.4, 0.5) is 28.4 Å². The maximum Gasteiger partial charge on any atom is 0.292 e. The molecule has 23 heavy (non-hydrogen) atoms. The lowest BCUT2D eigenvalue weighted by Crippen LogP contribution is -1.97. The fourth-order valence-corrected chi connectivity index (χ4v) is 1.68. The molecule has 0 aliphatic rings. The van der Waals surface area contributed by atoms with E-state index in [4.69, 9.17) is 32.4 Å². The van der Waals surface area contributed by atoms with Crippen LogP contribution in [0.3, 0.4) is 0 Å². The number of nitrogens with zero attached hydrogens (tertiary/aromatic N) is 1. The Morgan fingerprint density at radius 3 is 1.70 bits per heavy atom. The van der Waals surface area contributed by atoms with Gasteiger partial charge in [0, 0.05) is 23.9 Å². The number of nitro groups is 1. The van der Waals surface area contributed by atoms with Crippen LogP contribution in [0.2, 0.25) is 0 Å². The van der Waals surface area contributed by atoms with Crippen molar-refractivity contribution in [2.45, 2.75) is 0 Å². The molecule has 124 valence electrons. The number of hydrogen-bond donors (Lipinski definition) is 4. The molecule has 0 aliphatic carbocycles. The van der Waals surface area contributed by atoms with Gasteiger partial charge in [-0.05, 0) is 12.1 Å². The van der Waals surface area contributed by atoms with Crippen molar-refractivity contribution in [3.05, 3.63) is 40.4 Å². The molecule has 0 saturated heterocycles. The van der Waals surface area contributed by atoms with Crippen LogP contribution in [-0.2, 0) is 0 Å². The molecule has 0 spiro atoms. The molecule has 2 aromatic rings. The molecule has 0 amide bonds. The number of nitrogens with two attached hydrogens (primary N) is 4. The van der Waals surface area contributed by atoms with Crippen LogP contribution >= 0.6 is 0 Å². The topological polar surface area (TPSA) is 166 Å². The number of rotatable bonds is 3. The zero-order valence-electron chi connectivity index (χ0n) is 12.8. The third-order valence-corrected chi connectivity index (χ3v) is 2.83. The number of nitrogen functional groups attached to an aromatic ring is 4. The van der Waals surface area contributed by atoms with Gasteiger partial charge < -0.3 is 32.4 Å². The van der Waals surface area contributed by atoms with E-state index in [1.807, 2.05) is 0 Å². The number of hydrogen-bond acceptors (Lipinski definition) is 8. The molecule has 0 fully saturated rings. The summed E-state index contributed by atoms with van der Waals surface area (Å²) in [6, 6.07) is 7.35. The fourth-order valence-electron chi connectivity index (χ4n) is 1.68. The lowest BCUT2D eigenvalue weighted by atomic mass is 10.2. The minimum atomic E-state index is -0.547. The molecule has 9 nitrogen and oxygen atoms in total. The average molecular weight is 321 g/mol. The molecule has 0 aliphatic heterocycles. The van der Waals surface area contributed by atoms with Crippen LogP contribution in [0.1, 0.15) is 0 Å². The predicted molar refractivity (Wildman–Crippen MR) is 90.3 cm³/mol. The molecule has 8 N–H and O–H groups in total. The molecule has 0 radical (unpaired) electrons. The van der Waals surface area contributed by atoms with E-state index in [1.165, 1.54) is 32.4 Å². The highest BCUT2D eigenvalue weighted by Crippen LogP contribution is 2.32. The van der Waals surface area contributed by atoms with Crippen molar-refractivity contribution < 1.29 is 14.4 Å². The molecule has 2 aromatic carbocycles. The van der Waals surface area contributed by atoms with Crippen molar-refractivity contribution in [2.24, 2.45) is 0 Å². The largest absolute Gasteiger partial charge is 0.495 e. The van der Waals surface area contributed by atoms with Gasteiger partial charge in [-0.3, -0.25) is 10.1 Å². The van der Waals surface area contributed by atoms with Crippen LogP contribution in [0.15, 0.2) is 30.3 Å². The van der Waals surface area contributed by atoms with Gasteiger partial charge in [-0.2, -0.15) is 0 Å². The van der Waals surface area contributed by atoms with Crippen molar-refractivity contribution in [3.63, 3.8) is 0 Å². The lowest BCUT2D eigenvalue weighted by Gasteiger charge is -2.08. The van der Waals surface area contributed by atoms with E-state index in [1.54, 1.807) is 12.1 Å². The second-order valence-electron chi connectivity index (χ2n) is 4.41. The molecule has 9 heteroatoms. The van der Waals surface area contributed by atoms with Gasteiger partial charge in [0.2, 0.25) is 0 Å². The molecule has 0 heterocycles. The van der Waals surface area contributed by atoms with Gasteiger partial charge in [-0.25, -0.2) is 0 Å². The van der Waals surface area contributed by atoms with Gasteiger partial charge in [0.1, 0.15) is 17.2 Å². The Morgan fingerprint density at radius 1 is 0.870 bits per heavy atom. The summed E-state index contributed by atoms with van der Waals surface area (Å²) in [4.78, 5) is 9.67. The smallest absolute Gasteiger partial charge is 0.292 e. The van der Waals surface area contributed by atoms with E-state index >= 15 is 0 Å². The quantitative estimate of drug-likeness (QED) is 0.376. The van der Waals surface area contributed by atoms with Gasteiger partial charge in [0.05, 0.1) is 30.5 Å². The number of anilines is 4. The molecule has 2 rings (SSSR count). The Morgan fingerprint density at radius 2 is 1.35 bits per heavy atom. The standard InChI is InChI=1S/C8H12N2O2.C6H7N3O2/c1-11-7-3-6(10)8(12-2)4-5(7)9;7-4-1-2-6(9(10)11)5(8)3-4/h3-4H,9-10H2,1-2H3;1-3H,7-8H2. The number of ether oxygens (including phenoxy) is 2. The zero-order valence-corrected chi connectivity index (χ0v) is 12.8. The highest BCUT2D eigenvalue weighted by Gasteiger charge is 2.09. The normalized spacial score (nSPS) is 9.48. The van der Waals surface area contributed by atoms with Crippen molar-refractivity contribution in [1.82, 2.24) is 0 Å². The van der Waals surface area contributed by atoms with Crippen LogP contribution < -0.4 is 32.4 Å². The maximum absolute atomic E-state index is 10.2. The number of nitro benzene ring substituents is 1. The van der Waals surface area contributed by atoms with Crippen LogP contribution in [0, 0.1) is 10.1 Å². The Hall–Kier alpha value is -3.36. The summed E-state index contributed by atoms with van der Waals surface area (Å²) in [7, 11) is 3.08. The summed E-state index contributed by atoms with van der Waals surface area (Å²) < 4.78 is 9.93. The first kappa shape index (κ1) is 17.7. The fraction of sp³-hybridized carbons (Fsp3) is 0.143. The first-order chi connectivity index (χ1) is 10.8. The Bertz CT molecular complexity index is 676. The summed E-state index contributed by atoms with van der Waals surface area (Å²) in [5.41, 5.74) is 23.3. The molecule has 0 unspecified atom stereocenters. The first-order valence-electron chi connectivity index (χ1n) is 6.36. The van der Waals surface area contributed by atoms with Gasteiger partial charge in [-0.15, -0.1) is 0 Å². The van der Waals surface area contributed by atoms with Gasteiger partial charge in [-0.1, -0.05) is 0 Å². The average Bonchev–Trinajstić information content (AvgIpc) is 2.49. The number of methoxy groups -OCH3 is 2. The maximum atomic E-state index is 10.2. The molecular formula is C14H19N5O4. The summed E-state index contributed by atoms with van der Waals surface area (Å²) in [6.45, 7) is 0. The summed E-state index contributed by atoms with van der Waals surface area (Å²) in [5, 5.41) is 10.2. The second-order valence-corrected chi connectivity index (χ2v) is 4.41. The van der Waals surface area contributed by atoms with Crippen molar-refractivity contribution in [1.29, 1.82) is 0 Å². The SMILES string of the molecule is COc1cc(N)c(OC)cc1N.Nc1ccc([N+](=O)[O-])c(N)c1.